The van der Waals surface area contributed by atoms with Crippen molar-refractivity contribution < 1.29 is 4.39 Å². The van der Waals surface area contributed by atoms with Crippen molar-refractivity contribution in [3.05, 3.63) is 35.6 Å². The van der Waals surface area contributed by atoms with Gasteiger partial charge in [-0.15, -0.1) is 0 Å². The van der Waals surface area contributed by atoms with Crippen LogP contribution in [0.4, 0.5) is 4.39 Å². The van der Waals surface area contributed by atoms with Crippen LogP contribution >= 0.6 is 0 Å². The van der Waals surface area contributed by atoms with Crippen molar-refractivity contribution in [1.29, 1.82) is 0 Å². The van der Waals surface area contributed by atoms with E-state index in [1.54, 1.807) is 12.1 Å². The predicted molar refractivity (Wildman–Crippen MR) is 69.2 cm³/mol. The highest BCUT2D eigenvalue weighted by Gasteiger charge is 2.22. The minimum Gasteiger partial charge on any atom is -0.330 e. The van der Waals surface area contributed by atoms with E-state index in [-0.39, 0.29) is 5.82 Å². The molecule has 2 heteroatoms. The van der Waals surface area contributed by atoms with Gasteiger partial charge in [-0.25, -0.2) is 4.39 Å². The predicted octanol–water partition coefficient (Wildman–Crippen LogP) is 3.52. The van der Waals surface area contributed by atoms with Gasteiger partial charge < -0.3 is 5.73 Å². The Bertz CT molecular complexity index is 327. The molecule has 0 amide bonds. The maximum absolute atomic E-state index is 12.8. The Morgan fingerprint density at radius 1 is 1.12 bits per heavy atom. The first-order valence-corrected chi connectivity index (χ1v) is 6.74. The zero-order chi connectivity index (χ0) is 12.1. The Labute approximate surface area is 103 Å². The van der Waals surface area contributed by atoms with Gasteiger partial charge in [-0.1, -0.05) is 44.2 Å². The van der Waals surface area contributed by atoms with Crippen molar-refractivity contribution in [2.75, 3.05) is 6.54 Å². The number of hydrogen-bond donors (Lipinski definition) is 1. The van der Waals surface area contributed by atoms with Crippen LogP contribution in [0.15, 0.2) is 24.3 Å². The third-order valence-electron chi connectivity index (χ3n) is 4.03. The highest BCUT2D eigenvalue weighted by atomic mass is 19.1. The van der Waals surface area contributed by atoms with Crippen molar-refractivity contribution >= 4 is 0 Å². The van der Waals surface area contributed by atoms with Crippen LogP contribution in [0.1, 0.15) is 37.7 Å². The molecule has 1 aliphatic carbocycles. The monoisotopic (exact) mass is 235 g/mol. The van der Waals surface area contributed by atoms with Gasteiger partial charge in [-0.05, 0) is 42.5 Å². The molecular weight excluding hydrogens is 213 g/mol. The van der Waals surface area contributed by atoms with Gasteiger partial charge in [0, 0.05) is 0 Å². The summed E-state index contributed by atoms with van der Waals surface area (Å²) in [7, 11) is 0. The fourth-order valence-corrected chi connectivity index (χ4v) is 2.97. The second-order valence-corrected chi connectivity index (χ2v) is 5.22. The quantitative estimate of drug-likeness (QED) is 0.849. The van der Waals surface area contributed by atoms with Gasteiger partial charge in [0.15, 0.2) is 0 Å². The Balaban J connectivity index is 1.96. The lowest BCUT2D eigenvalue weighted by Gasteiger charge is -2.29. The lowest BCUT2D eigenvalue weighted by atomic mass is 9.77. The van der Waals surface area contributed by atoms with Crippen molar-refractivity contribution in [2.24, 2.45) is 17.6 Å². The van der Waals surface area contributed by atoms with Crippen molar-refractivity contribution in [1.82, 2.24) is 0 Å². The van der Waals surface area contributed by atoms with Crippen LogP contribution < -0.4 is 5.73 Å². The van der Waals surface area contributed by atoms with Crippen molar-refractivity contribution in [3.63, 3.8) is 0 Å². The van der Waals surface area contributed by atoms with E-state index < -0.39 is 0 Å². The number of rotatable bonds is 4. The van der Waals surface area contributed by atoms with Crippen LogP contribution in [0.2, 0.25) is 0 Å². The molecule has 0 aromatic heterocycles. The Morgan fingerprint density at radius 2 is 1.76 bits per heavy atom. The fraction of sp³-hybridized carbons (Fsp3) is 0.600. The summed E-state index contributed by atoms with van der Waals surface area (Å²) in [4.78, 5) is 0. The minimum atomic E-state index is -0.157. The molecule has 1 saturated carbocycles. The normalized spacial score (nSPS) is 19.2. The molecule has 94 valence electrons. The van der Waals surface area contributed by atoms with E-state index in [2.05, 4.69) is 0 Å². The van der Waals surface area contributed by atoms with Gasteiger partial charge in [0.05, 0.1) is 0 Å². The fourth-order valence-electron chi connectivity index (χ4n) is 2.97. The molecule has 0 spiro atoms. The van der Waals surface area contributed by atoms with E-state index in [0.29, 0.717) is 5.92 Å². The van der Waals surface area contributed by atoms with Crippen molar-refractivity contribution in [2.45, 2.75) is 38.5 Å². The molecule has 0 heterocycles. The summed E-state index contributed by atoms with van der Waals surface area (Å²) in [5.74, 6) is 1.19. The van der Waals surface area contributed by atoms with Crippen molar-refractivity contribution in [3.8, 4) is 0 Å². The van der Waals surface area contributed by atoms with Gasteiger partial charge in [-0.3, -0.25) is 0 Å². The van der Waals surface area contributed by atoms with E-state index in [0.717, 1.165) is 18.9 Å². The maximum atomic E-state index is 12.8. The van der Waals surface area contributed by atoms with E-state index >= 15 is 0 Å². The number of nitrogens with two attached hydrogens (primary N) is 1. The molecule has 0 saturated heterocycles. The molecule has 1 aromatic carbocycles. The van der Waals surface area contributed by atoms with E-state index in [9.17, 15) is 4.39 Å². The second-order valence-electron chi connectivity index (χ2n) is 5.22. The molecule has 0 radical (unpaired) electrons. The molecule has 1 aliphatic rings. The molecule has 1 nitrogen and oxygen atoms in total. The standard InChI is InChI=1S/C15H22FN/c16-15-8-6-12(7-9-15)10-14(11-17)13-4-2-1-3-5-13/h6-9,13-14H,1-5,10-11,17H2. The van der Waals surface area contributed by atoms with Gasteiger partial charge in [0.2, 0.25) is 0 Å². The third-order valence-corrected chi connectivity index (χ3v) is 4.03. The lowest BCUT2D eigenvalue weighted by Crippen LogP contribution is -2.27. The summed E-state index contributed by atoms with van der Waals surface area (Å²) in [6.07, 6.45) is 7.73. The highest BCUT2D eigenvalue weighted by molar-refractivity contribution is 5.16. The summed E-state index contributed by atoms with van der Waals surface area (Å²) in [5, 5.41) is 0. The van der Waals surface area contributed by atoms with Gasteiger partial charge in [0.1, 0.15) is 5.82 Å². The summed E-state index contributed by atoms with van der Waals surface area (Å²) in [6, 6.07) is 6.87. The zero-order valence-corrected chi connectivity index (χ0v) is 10.4. The van der Waals surface area contributed by atoms with E-state index in [1.165, 1.54) is 37.7 Å². The van der Waals surface area contributed by atoms with Gasteiger partial charge >= 0.3 is 0 Å². The summed E-state index contributed by atoms with van der Waals surface area (Å²) < 4.78 is 12.8. The van der Waals surface area contributed by atoms with Gasteiger partial charge in [0.25, 0.3) is 0 Å². The number of hydrogen-bond acceptors (Lipinski definition) is 1. The van der Waals surface area contributed by atoms with Crippen LogP contribution in [0.5, 0.6) is 0 Å². The average Bonchev–Trinajstić information content (AvgIpc) is 2.39. The molecule has 1 unspecified atom stereocenters. The second kappa shape index (κ2) is 6.15. The highest BCUT2D eigenvalue weighted by Crippen LogP contribution is 2.31. The Morgan fingerprint density at radius 3 is 2.35 bits per heavy atom. The molecule has 0 bridgehead atoms. The molecular formula is C15H22FN. The summed E-state index contributed by atoms with van der Waals surface area (Å²) in [6.45, 7) is 0.752. The Kier molecular flexibility index (Phi) is 4.55. The van der Waals surface area contributed by atoms with Gasteiger partial charge in [-0.2, -0.15) is 0 Å². The Hall–Kier alpha value is -0.890. The topological polar surface area (TPSA) is 26.0 Å². The molecule has 17 heavy (non-hydrogen) atoms. The lowest BCUT2D eigenvalue weighted by molar-refractivity contribution is 0.251. The molecule has 2 N–H and O–H groups in total. The molecule has 1 fully saturated rings. The van der Waals surface area contributed by atoms with Crippen LogP contribution in [0.3, 0.4) is 0 Å². The third kappa shape index (κ3) is 3.53. The number of halogens is 1. The average molecular weight is 235 g/mol. The van der Waals surface area contributed by atoms with Crippen LogP contribution in [0, 0.1) is 17.7 Å². The molecule has 2 rings (SSSR count). The summed E-state index contributed by atoms with van der Waals surface area (Å²) >= 11 is 0. The number of benzene rings is 1. The molecule has 1 aromatic rings. The summed E-state index contributed by atoms with van der Waals surface area (Å²) in [5.41, 5.74) is 7.12. The van der Waals surface area contributed by atoms with Crippen LogP contribution in [0.25, 0.3) is 0 Å². The molecule has 0 aliphatic heterocycles. The first-order chi connectivity index (χ1) is 8.29. The van der Waals surface area contributed by atoms with Crippen LogP contribution in [-0.4, -0.2) is 6.54 Å². The first-order valence-electron chi connectivity index (χ1n) is 6.74. The van der Waals surface area contributed by atoms with Crippen LogP contribution in [-0.2, 0) is 6.42 Å². The largest absolute Gasteiger partial charge is 0.330 e. The maximum Gasteiger partial charge on any atom is 0.123 e. The SMILES string of the molecule is NCC(Cc1ccc(F)cc1)C1CCCCC1. The first kappa shape index (κ1) is 12.6. The van der Waals surface area contributed by atoms with E-state index in [1.807, 2.05) is 12.1 Å². The minimum absolute atomic E-state index is 0.157. The smallest absolute Gasteiger partial charge is 0.123 e. The zero-order valence-electron chi connectivity index (χ0n) is 10.4. The van der Waals surface area contributed by atoms with E-state index in [4.69, 9.17) is 5.73 Å². The molecule has 1 atom stereocenters.